The number of anilines is 1. The van der Waals surface area contributed by atoms with E-state index in [-0.39, 0.29) is 12.5 Å². The number of amides is 1. The van der Waals surface area contributed by atoms with E-state index in [1.165, 1.54) is 6.08 Å². The number of esters is 1. The Balaban J connectivity index is 1.60. The van der Waals surface area contributed by atoms with Crippen molar-refractivity contribution in [2.75, 3.05) is 11.9 Å². The van der Waals surface area contributed by atoms with Crippen molar-refractivity contribution in [2.45, 2.75) is 13.5 Å². The van der Waals surface area contributed by atoms with E-state index >= 15 is 0 Å². The van der Waals surface area contributed by atoms with E-state index in [0.29, 0.717) is 27.9 Å². The van der Waals surface area contributed by atoms with E-state index in [4.69, 9.17) is 4.74 Å². The van der Waals surface area contributed by atoms with Gasteiger partial charge in [0, 0.05) is 6.54 Å². The number of thiophene rings is 1. The maximum absolute atomic E-state index is 13.1. The zero-order valence-electron chi connectivity index (χ0n) is 16.3. The maximum atomic E-state index is 13.1. The summed E-state index contributed by atoms with van der Waals surface area (Å²) in [6.07, 6.45) is 1.50. The molecule has 1 aromatic carbocycles. The van der Waals surface area contributed by atoms with Gasteiger partial charge in [0.15, 0.2) is 5.13 Å². The monoisotopic (exact) mass is 437 g/mol. The Morgan fingerprint density at radius 3 is 2.83 bits per heavy atom. The van der Waals surface area contributed by atoms with Gasteiger partial charge in [-0.05, 0) is 30.0 Å². The Labute approximate surface area is 181 Å². The van der Waals surface area contributed by atoms with Gasteiger partial charge in [-0.3, -0.25) is 10.1 Å². The molecular formula is C22H19N3O3S2. The summed E-state index contributed by atoms with van der Waals surface area (Å²) in [6, 6.07) is 13.9. The first-order valence-corrected chi connectivity index (χ1v) is 10.9. The molecule has 3 aromatic heterocycles. The predicted octanol–water partition coefficient (Wildman–Crippen LogP) is 5.11. The number of benzene rings is 1. The SMILES string of the molecule is C=CCOC(=O)c1sc(NC(=O)c2cc3sccc3n2Cc2ccccc2)nc1C. The molecule has 30 heavy (non-hydrogen) atoms. The second-order valence-electron chi connectivity index (χ2n) is 6.55. The van der Waals surface area contributed by atoms with Crippen molar-refractivity contribution in [1.29, 1.82) is 0 Å². The standard InChI is InChI=1S/C22H19N3O3S2/c1-3-10-28-21(27)19-14(2)23-22(30-19)24-20(26)17-12-18-16(9-11-29-18)25(17)13-15-7-5-4-6-8-15/h3-9,11-12H,1,10,13H2,2H3,(H,23,24,26). The summed E-state index contributed by atoms with van der Waals surface area (Å²) in [6.45, 7) is 5.95. The Morgan fingerprint density at radius 1 is 1.27 bits per heavy atom. The topological polar surface area (TPSA) is 73.2 Å². The highest BCUT2D eigenvalue weighted by atomic mass is 32.1. The van der Waals surface area contributed by atoms with E-state index < -0.39 is 5.97 Å². The van der Waals surface area contributed by atoms with Crippen molar-refractivity contribution in [3.63, 3.8) is 0 Å². The number of aromatic nitrogens is 2. The van der Waals surface area contributed by atoms with Crippen molar-refractivity contribution in [1.82, 2.24) is 9.55 Å². The van der Waals surface area contributed by atoms with E-state index in [9.17, 15) is 9.59 Å². The molecule has 0 atom stereocenters. The summed E-state index contributed by atoms with van der Waals surface area (Å²) in [5.41, 5.74) is 3.18. The van der Waals surface area contributed by atoms with Crippen LogP contribution in [0.15, 0.2) is 60.5 Å². The lowest BCUT2D eigenvalue weighted by Crippen LogP contribution is -2.17. The lowest BCUT2D eigenvalue weighted by Gasteiger charge is -2.10. The molecule has 8 heteroatoms. The molecule has 0 bridgehead atoms. The number of thiazole rings is 1. The van der Waals surface area contributed by atoms with Crippen LogP contribution in [-0.2, 0) is 11.3 Å². The third-order valence-corrected chi connectivity index (χ3v) is 6.38. The molecule has 0 saturated carbocycles. The van der Waals surface area contributed by atoms with Crippen LogP contribution in [0.25, 0.3) is 10.2 Å². The predicted molar refractivity (Wildman–Crippen MR) is 121 cm³/mol. The van der Waals surface area contributed by atoms with Gasteiger partial charge >= 0.3 is 5.97 Å². The third kappa shape index (κ3) is 4.05. The Bertz CT molecular complexity index is 1220. The number of carbonyl (C=O) groups is 2. The highest BCUT2D eigenvalue weighted by Crippen LogP contribution is 2.28. The van der Waals surface area contributed by atoms with Crippen LogP contribution in [-0.4, -0.2) is 28.0 Å². The molecule has 6 nitrogen and oxygen atoms in total. The summed E-state index contributed by atoms with van der Waals surface area (Å²) in [5, 5.41) is 5.20. The van der Waals surface area contributed by atoms with E-state index in [0.717, 1.165) is 27.1 Å². The maximum Gasteiger partial charge on any atom is 0.350 e. The van der Waals surface area contributed by atoms with Gasteiger partial charge in [-0.1, -0.05) is 54.3 Å². The smallest absolute Gasteiger partial charge is 0.350 e. The van der Waals surface area contributed by atoms with Crippen molar-refractivity contribution in [3.05, 3.63) is 82.3 Å². The van der Waals surface area contributed by atoms with Gasteiger partial charge in [0.05, 0.1) is 15.9 Å². The third-order valence-electron chi connectivity index (χ3n) is 4.47. The van der Waals surface area contributed by atoms with Gasteiger partial charge in [0.1, 0.15) is 17.2 Å². The first-order chi connectivity index (χ1) is 14.6. The van der Waals surface area contributed by atoms with E-state index in [2.05, 4.69) is 16.9 Å². The first kappa shape index (κ1) is 20.1. The van der Waals surface area contributed by atoms with Crippen LogP contribution in [0.5, 0.6) is 0 Å². The fourth-order valence-electron chi connectivity index (χ4n) is 3.10. The van der Waals surface area contributed by atoms with Crippen LogP contribution >= 0.6 is 22.7 Å². The lowest BCUT2D eigenvalue weighted by molar-refractivity contribution is 0.0554. The van der Waals surface area contributed by atoms with E-state index in [1.54, 1.807) is 18.3 Å². The normalized spacial score (nSPS) is 10.8. The zero-order chi connectivity index (χ0) is 21.1. The summed E-state index contributed by atoms with van der Waals surface area (Å²) in [5.74, 6) is -0.743. The molecule has 0 saturated heterocycles. The molecular weight excluding hydrogens is 418 g/mol. The molecule has 1 N–H and O–H groups in total. The molecule has 0 spiro atoms. The van der Waals surface area contributed by atoms with Gasteiger partial charge in [-0.15, -0.1) is 11.3 Å². The number of hydrogen-bond donors (Lipinski definition) is 1. The van der Waals surface area contributed by atoms with Crippen molar-refractivity contribution in [2.24, 2.45) is 0 Å². The molecule has 152 valence electrons. The molecule has 4 rings (SSSR count). The number of ether oxygens (including phenoxy) is 1. The van der Waals surface area contributed by atoms with Gasteiger partial charge in [-0.2, -0.15) is 0 Å². The van der Waals surface area contributed by atoms with Crippen LogP contribution in [0.4, 0.5) is 5.13 Å². The molecule has 0 aliphatic carbocycles. The Kier molecular flexibility index (Phi) is 5.78. The van der Waals surface area contributed by atoms with Crippen molar-refractivity contribution < 1.29 is 14.3 Å². The van der Waals surface area contributed by atoms with Crippen LogP contribution in [0.1, 0.15) is 31.4 Å². The van der Waals surface area contributed by atoms with Gasteiger partial charge in [0.25, 0.3) is 5.91 Å². The number of nitrogens with zero attached hydrogens (tertiary/aromatic N) is 2. The molecule has 1 amide bonds. The number of rotatable bonds is 7. The average Bonchev–Trinajstić information content (AvgIpc) is 3.43. The second kappa shape index (κ2) is 8.64. The molecule has 0 unspecified atom stereocenters. The van der Waals surface area contributed by atoms with Crippen LogP contribution in [0.2, 0.25) is 0 Å². The van der Waals surface area contributed by atoms with E-state index in [1.807, 2.05) is 52.4 Å². The lowest BCUT2D eigenvalue weighted by atomic mass is 10.2. The molecule has 0 aliphatic heterocycles. The molecule has 0 radical (unpaired) electrons. The first-order valence-electron chi connectivity index (χ1n) is 9.24. The molecule has 0 fully saturated rings. The highest BCUT2D eigenvalue weighted by molar-refractivity contribution is 7.18. The molecule has 0 aliphatic rings. The summed E-state index contributed by atoms with van der Waals surface area (Å²) in [4.78, 5) is 29.9. The number of hydrogen-bond acceptors (Lipinski definition) is 6. The van der Waals surface area contributed by atoms with Crippen molar-refractivity contribution >= 4 is 49.9 Å². The number of carbonyl (C=O) groups excluding carboxylic acids is 2. The quantitative estimate of drug-likeness (QED) is 0.322. The van der Waals surface area contributed by atoms with Gasteiger partial charge in [-0.25, -0.2) is 9.78 Å². The van der Waals surface area contributed by atoms with Crippen LogP contribution in [0, 0.1) is 6.92 Å². The summed E-state index contributed by atoms with van der Waals surface area (Å²) < 4.78 is 8.11. The van der Waals surface area contributed by atoms with Gasteiger partial charge in [0.2, 0.25) is 0 Å². The summed E-state index contributed by atoms with van der Waals surface area (Å²) >= 11 is 2.69. The number of fused-ring (bicyclic) bond motifs is 1. The minimum Gasteiger partial charge on any atom is -0.457 e. The fraction of sp³-hybridized carbons (Fsp3) is 0.136. The van der Waals surface area contributed by atoms with Crippen molar-refractivity contribution in [3.8, 4) is 0 Å². The minimum absolute atomic E-state index is 0.127. The summed E-state index contributed by atoms with van der Waals surface area (Å²) in [7, 11) is 0. The highest BCUT2D eigenvalue weighted by Gasteiger charge is 2.21. The fourth-order valence-corrected chi connectivity index (χ4v) is 4.78. The Hall–Kier alpha value is -3.23. The zero-order valence-corrected chi connectivity index (χ0v) is 17.9. The average molecular weight is 438 g/mol. The minimum atomic E-state index is -0.474. The molecule has 3 heterocycles. The Morgan fingerprint density at radius 2 is 2.07 bits per heavy atom. The largest absolute Gasteiger partial charge is 0.457 e. The molecule has 4 aromatic rings. The number of nitrogens with one attached hydrogen (secondary N) is 1. The second-order valence-corrected chi connectivity index (χ2v) is 8.49. The number of aryl methyl sites for hydroxylation is 1. The van der Waals surface area contributed by atoms with Gasteiger partial charge < -0.3 is 9.30 Å². The van der Waals surface area contributed by atoms with Crippen LogP contribution in [0.3, 0.4) is 0 Å². The van der Waals surface area contributed by atoms with Crippen LogP contribution < -0.4 is 5.32 Å².